The summed E-state index contributed by atoms with van der Waals surface area (Å²) in [5.41, 5.74) is 1.23. The lowest BCUT2D eigenvalue weighted by atomic mass is 10.1. The molecule has 28 heavy (non-hydrogen) atoms. The molecule has 4 aromatic rings. The maximum Gasteiger partial charge on any atom is 0.260 e. The highest BCUT2D eigenvalue weighted by atomic mass is 35.5. The minimum atomic E-state index is -0.141. The average molecular weight is 412 g/mol. The molecule has 0 spiro atoms. The van der Waals surface area contributed by atoms with Gasteiger partial charge in [-0.1, -0.05) is 28.9 Å². The molecule has 0 radical (unpaired) electrons. The maximum absolute atomic E-state index is 12.4. The van der Waals surface area contributed by atoms with E-state index < -0.39 is 0 Å². The molecule has 8 heteroatoms. The van der Waals surface area contributed by atoms with Gasteiger partial charge in [0.2, 0.25) is 11.7 Å². The van der Waals surface area contributed by atoms with Gasteiger partial charge in [-0.3, -0.25) is 4.79 Å². The van der Waals surface area contributed by atoms with Gasteiger partial charge in [-0.15, -0.1) is 11.8 Å². The molecule has 1 N–H and O–H groups in total. The second-order valence-corrected chi connectivity index (χ2v) is 7.22. The zero-order chi connectivity index (χ0) is 19.3. The van der Waals surface area contributed by atoms with Crippen LogP contribution in [0.4, 0.5) is 5.69 Å². The monoisotopic (exact) mass is 411 g/mol. The Labute approximate surface area is 169 Å². The van der Waals surface area contributed by atoms with Gasteiger partial charge < -0.3 is 14.3 Å². The van der Waals surface area contributed by atoms with Crippen molar-refractivity contribution in [3.63, 3.8) is 0 Å². The number of halogens is 1. The number of nitrogens with one attached hydrogen (secondary N) is 1. The van der Waals surface area contributed by atoms with Crippen LogP contribution in [0, 0.1) is 0 Å². The van der Waals surface area contributed by atoms with E-state index in [-0.39, 0.29) is 11.7 Å². The van der Waals surface area contributed by atoms with Gasteiger partial charge in [-0.2, -0.15) is 4.98 Å². The van der Waals surface area contributed by atoms with E-state index in [4.69, 9.17) is 20.5 Å². The van der Waals surface area contributed by atoms with E-state index in [9.17, 15) is 4.79 Å². The predicted molar refractivity (Wildman–Crippen MR) is 108 cm³/mol. The number of hydrogen-bond donors (Lipinski definition) is 1. The first-order chi connectivity index (χ1) is 13.7. The fourth-order valence-electron chi connectivity index (χ4n) is 2.48. The summed E-state index contributed by atoms with van der Waals surface area (Å²) in [6.45, 7) is 0. The van der Waals surface area contributed by atoms with Crippen LogP contribution in [0.25, 0.3) is 23.0 Å². The van der Waals surface area contributed by atoms with E-state index in [0.29, 0.717) is 33.7 Å². The third kappa shape index (κ3) is 4.27. The molecule has 0 saturated carbocycles. The summed E-state index contributed by atoms with van der Waals surface area (Å²) in [4.78, 5) is 17.7. The first-order valence-electron chi connectivity index (χ1n) is 8.34. The topological polar surface area (TPSA) is 81.2 Å². The van der Waals surface area contributed by atoms with Crippen LogP contribution in [0.2, 0.25) is 5.02 Å². The second-order valence-electron chi connectivity index (χ2n) is 5.74. The zero-order valence-corrected chi connectivity index (χ0v) is 16.0. The molecule has 0 saturated heterocycles. The standard InChI is InChI=1S/C20H14ClN3O3S/c21-13-7-9-14(10-8-13)28-12-18(25)22-16-5-2-1-4-15(16)20-23-19(24-27-20)17-6-3-11-26-17/h1-11H,12H2,(H,22,25). The van der Waals surface area contributed by atoms with Crippen LogP contribution in [-0.4, -0.2) is 21.8 Å². The number of carbonyl (C=O) groups excluding carboxylic acids is 1. The summed E-state index contributed by atoms with van der Waals surface area (Å²) >= 11 is 7.30. The van der Waals surface area contributed by atoms with E-state index in [1.807, 2.05) is 24.3 Å². The van der Waals surface area contributed by atoms with Gasteiger partial charge in [0, 0.05) is 9.92 Å². The zero-order valence-electron chi connectivity index (χ0n) is 14.5. The molecule has 0 atom stereocenters. The molecule has 6 nitrogen and oxygen atoms in total. The number of carbonyl (C=O) groups is 1. The Kier molecular flexibility index (Phi) is 5.45. The molecule has 1 amide bonds. The van der Waals surface area contributed by atoms with Crippen LogP contribution in [0.15, 0.2) is 80.8 Å². The lowest BCUT2D eigenvalue weighted by Crippen LogP contribution is -2.14. The number of nitrogens with zero attached hydrogens (tertiary/aromatic N) is 2. The number of benzene rings is 2. The summed E-state index contributed by atoms with van der Waals surface area (Å²) in [6, 6.07) is 18.1. The number of thioether (sulfide) groups is 1. The number of rotatable bonds is 6. The molecule has 4 rings (SSSR count). The van der Waals surface area contributed by atoms with Crippen LogP contribution >= 0.6 is 23.4 Å². The fourth-order valence-corrected chi connectivity index (χ4v) is 3.31. The number of hydrogen-bond acceptors (Lipinski definition) is 6. The normalized spacial score (nSPS) is 10.8. The van der Waals surface area contributed by atoms with Crippen LogP contribution in [0.5, 0.6) is 0 Å². The Hall–Kier alpha value is -3.03. The Morgan fingerprint density at radius 1 is 1.07 bits per heavy atom. The Morgan fingerprint density at radius 3 is 2.68 bits per heavy atom. The summed E-state index contributed by atoms with van der Waals surface area (Å²) in [5, 5.41) is 7.49. The molecule has 0 fully saturated rings. The van der Waals surface area contributed by atoms with E-state index in [1.54, 1.807) is 36.4 Å². The molecule has 0 aliphatic rings. The van der Waals surface area contributed by atoms with Crippen molar-refractivity contribution in [2.24, 2.45) is 0 Å². The molecule has 2 aromatic heterocycles. The quantitative estimate of drug-likeness (QED) is 0.429. The Balaban J connectivity index is 1.47. The summed E-state index contributed by atoms with van der Waals surface area (Å²) in [7, 11) is 0. The van der Waals surface area contributed by atoms with Crippen molar-refractivity contribution in [3.8, 4) is 23.0 Å². The molecule has 0 aliphatic heterocycles. The van der Waals surface area contributed by atoms with Gasteiger partial charge in [0.15, 0.2) is 5.76 Å². The second kappa shape index (κ2) is 8.33. The van der Waals surface area contributed by atoms with Crippen molar-refractivity contribution in [1.82, 2.24) is 10.1 Å². The lowest BCUT2D eigenvalue weighted by molar-refractivity contribution is -0.113. The molecule has 0 bridgehead atoms. The number of aromatic nitrogens is 2. The van der Waals surface area contributed by atoms with Gasteiger partial charge in [-0.25, -0.2) is 0 Å². The fraction of sp³-hybridized carbons (Fsp3) is 0.0500. The molecule has 0 unspecified atom stereocenters. The van der Waals surface area contributed by atoms with Gasteiger partial charge in [0.05, 0.1) is 23.3 Å². The summed E-state index contributed by atoms with van der Waals surface area (Å²) in [6.07, 6.45) is 1.54. The molecule has 2 aromatic carbocycles. The summed E-state index contributed by atoms with van der Waals surface area (Å²) in [5.74, 6) is 1.28. The molecule has 0 aliphatic carbocycles. The maximum atomic E-state index is 12.4. The smallest absolute Gasteiger partial charge is 0.260 e. The molecule has 140 valence electrons. The SMILES string of the molecule is O=C(CSc1ccc(Cl)cc1)Nc1ccccc1-c1nc(-c2ccco2)no1. The Morgan fingerprint density at radius 2 is 1.89 bits per heavy atom. The van der Waals surface area contributed by atoms with Crippen molar-refractivity contribution in [1.29, 1.82) is 0 Å². The number of furan rings is 1. The average Bonchev–Trinajstić information content (AvgIpc) is 3.40. The van der Waals surface area contributed by atoms with Gasteiger partial charge >= 0.3 is 0 Å². The first-order valence-corrected chi connectivity index (χ1v) is 9.70. The lowest BCUT2D eigenvalue weighted by Gasteiger charge is -2.08. The molecular formula is C20H14ClN3O3S. The van der Waals surface area contributed by atoms with Crippen LogP contribution in [0.3, 0.4) is 0 Å². The highest BCUT2D eigenvalue weighted by molar-refractivity contribution is 8.00. The van der Waals surface area contributed by atoms with Gasteiger partial charge in [-0.05, 0) is 48.5 Å². The van der Waals surface area contributed by atoms with Gasteiger partial charge in [0.25, 0.3) is 5.89 Å². The van der Waals surface area contributed by atoms with E-state index in [2.05, 4.69) is 15.5 Å². The van der Waals surface area contributed by atoms with Crippen molar-refractivity contribution in [3.05, 3.63) is 71.9 Å². The van der Waals surface area contributed by atoms with Crippen molar-refractivity contribution in [2.75, 3.05) is 11.1 Å². The summed E-state index contributed by atoms with van der Waals surface area (Å²) < 4.78 is 10.6. The van der Waals surface area contributed by atoms with Gasteiger partial charge in [0.1, 0.15) is 0 Å². The minimum Gasteiger partial charge on any atom is -0.461 e. The van der Waals surface area contributed by atoms with Crippen molar-refractivity contribution >= 4 is 35.0 Å². The minimum absolute atomic E-state index is 0.141. The largest absolute Gasteiger partial charge is 0.461 e. The Bertz CT molecular complexity index is 1080. The molecular weight excluding hydrogens is 398 g/mol. The molecule has 2 heterocycles. The van der Waals surface area contributed by atoms with Crippen LogP contribution < -0.4 is 5.32 Å². The first kappa shape index (κ1) is 18.3. The predicted octanol–water partition coefficient (Wildman–Crippen LogP) is 5.38. The van der Waals surface area contributed by atoms with Crippen molar-refractivity contribution in [2.45, 2.75) is 4.90 Å². The van der Waals surface area contributed by atoms with E-state index in [1.165, 1.54) is 18.0 Å². The third-order valence-corrected chi connectivity index (χ3v) is 5.05. The highest BCUT2D eigenvalue weighted by Gasteiger charge is 2.16. The number of para-hydroxylation sites is 1. The van der Waals surface area contributed by atoms with E-state index >= 15 is 0 Å². The van der Waals surface area contributed by atoms with E-state index in [0.717, 1.165) is 4.90 Å². The van der Waals surface area contributed by atoms with Crippen LogP contribution in [-0.2, 0) is 4.79 Å². The number of anilines is 1. The highest BCUT2D eigenvalue weighted by Crippen LogP contribution is 2.29. The van der Waals surface area contributed by atoms with Crippen LogP contribution in [0.1, 0.15) is 0 Å². The third-order valence-electron chi connectivity index (χ3n) is 3.78. The number of amides is 1. The van der Waals surface area contributed by atoms with Crippen molar-refractivity contribution < 1.29 is 13.7 Å².